The Labute approximate surface area is 152 Å². The fraction of sp³-hybridized carbons (Fsp3) is 0.650. The number of guanidine groups is 1. The predicted octanol–water partition coefficient (Wildman–Crippen LogP) is 2.05. The second-order valence-corrected chi connectivity index (χ2v) is 7.19. The second-order valence-electron chi connectivity index (χ2n) is 7.19. The van der Waals surface area contributed by atoms with Crippen LogP contribution in [0.15, 0.2) is 35.3 Å². The van der Waals surface area contributed by atoms with Crippen LogP contribution in [0, 0.1) is 5.92 Å². The van der Waals surface area contributed by atoms with E-state index >= 15 is 0 Å². The molecule has 2 atom stereocenters. The second kappa shape index (κ2) is 10.4. The van der Waals surface area contributed by atoms with E-state index in [0.717, 1.165) is 24.0 Å². The summed E-state index contributed by atoms with van der Waals surface area (Å²) in [7, 11) is 1.79. The van der Waals surface area contributed by atoms with Gasteiger partial charge in [-0.2, -0.15) is 0 Å². The largest absolute Gasteiger partial charge is 0.396 e. The minimum absolute atomic E-state index is 0.0701. The molecule has 140 valence electrons. The Hall–Kier alpha value is -1.59. The third-order valence-corrected chi connectivity index (χ3v) is 5.24. The van der Waals surface area contributed by atoms with Gasteiger partial charge >= 0.3 is 0 Å². The van der Waals surface area contributed by atoms with Gasteiger partial charge in [-0.25, -0.2) is 0 Å². The van der Waals surface area contributed by atoms with Crippen LogP contribution >= 0.6 is 0 Å². The lowest BCUT2D eigenvalue weighted by molar-refractivity contribution is 0.147. The van der Waals surface area contributed by atoms with Crippen LogP contribution in [-0.2, 0) is 0 Å². The Kier molecular flexibility index (Phi) is 8.22. The normalized spacial score (nSPS) is 19.4. The van der Waals surface area contributed by atoms with E-state index in [1.807, 2.05) is 18.2 Å². The van der Waals surface area contributed by atoms with Gasteiger partial charge in [-0.15, -0.1) is 0 Å². The number of piperidine rings is 1. The maximum Gasteiger partial charge on any atom is 0.191 e. The van der Waals surface area contributed by atoms with Crippen molar-refractivity contribution in [2.45, 2.75) is 38.6 Å². The van der Waals surface area contributed by atoms with Gasteiger partial charge in [-0.1, -0.05) is 37.3 Å². The fourth-order valence-corrected chi connectivity index (χ4v) is 3.30. The molecule has 3 N–H and O–H groups in total. The van der Waals surface area contributed by atoms with Crippen LogP contribution in [0.3, 0.4) is 0 Å². The molecule has 1 aromatic carbocycles. The lowest BCUT2D eigenvalue weighted by atomic mass is 9.98. The van der Waals surface area contributed by atoms with Crippen molar-refractivity contribution in [1.82, 2.24) is 15.5 Å². The summed E-state index contributed by atoms with van der Waals surface area (Å²) in [6.07, 6.45) is 2.60. The van der Waals surface area contributed by atoms with Crippen molar-refractivity contribution in [3.63, 3.8) is 0 Å². The molecule has 1 heterocycles. The van der Waals surface area contributed by atoms with Crippen molar-refractivity contribution in [3.05, 3.63) is 35.9 Å². The number of nitrogens with one attached hydrogen (secondary N) is 2. The first-order chi connectivity index (χ1) is 12.1. The molecule has 2 rings (SSSR count). The number of rotatable bonds is 7. The van der Waals surface area contributed by atoms with E-state index in [1.165, 1.54) is 25.9 Å². The number of benzene rings is 1. The highest BCUT2D eigenvalue weighted by Crippen LogP contribution is 2.17. The number of hydrogen-bond acceptors (Lipinski definition) is 3. The number of aliphatic imine (C=N–C) groups is 1. The van der Waals surface area contributed by atoms with Gasteiger partial charge in [0.15, 0.2) is 5.96 Å². The number of aliphatic hydroxyl groups excluding tert-OH is 1. The van der Waals surface area contributed by atoms with Crippen LogP contribution in [0.25, 0.3) is 0 Å². The molecule has 5 heteroatoms. The summed E-state index contributed by atoms with van der Waals surface area (Å²) in [4.78, 5) is 6.87. The van der Waals surface area contributed by atoms with Gasteiger partial charge in [0.1, 0.15) is 0 Å². The molecule has 0 aromatic heterocycles. The van der Waals surface area contributed by atoms with Crippen molar-refractivity contribution in [1.29, 1.82) is 0 Å². The van der Waals surface area contributed by atoms with Crippen LogP contribution in [0.1, 0.15) is 38.2 Å². The predicted molar refractivity (Wildman–Crippen MR) is 105 cm³/mol. The topological polar surface area (TPSA) is 59.9 Å². The summed E-state index contributed by atoms with van der Waals surface area (Å²) in [5.74, 6) is 1.73. The van der Waals surface area contributed by atoms with E-state index in [0.29, 0.717) is 12.6 Å². The summed E-state index contributed by atoms with van der Waals surface area (Å²) in [6.45, 7) is 8.66. The first-order valence-corrected chi connectivity index (χ1v) is 9.48. The Bertz CT molecular complexity index is 512. The molecule has 0 bridgehead atoms. The Morgan fingerprint density at radius 1 is 1.20 bits per heavy atom. The zero-order valence-electron chi connectivity index (χ0n) is 15.9. The van der Waals surface area contributed by atoms with Crippen LogP contribution < -0.4 is 10.6 Å². The van der Waals surface area contributed by atoms with Crippen molar-refractivity contribution in [2.75, 3.05) is 39.8 Å². The molecular formula is C20H34N4O. The average molecular weight is 347 g/mol. The third-order valence-electron chi connectivity index (χ3n) is 5.24. The highest BCUT2D eigenvalue weighted by atomic mass is 16.3. The first kappa shape index (κ1) is 19.7. The molecule has 1 aliphatic heterocycles. The molecule has 0 amide bonds. The van der Waals surface area contributed by atoms with Crippen molar-refractivity contribution in [2.24, 2.45) is 10.9 Å². The highest BCUT2D eigenvalue weighted by molar-refractivity contribution is 5.79. The van der Waals surface area contributed by atoms with Gasteiger partial charge in [0.2, 0.25) is 0 Å². The molecule has 5 nitrogen and oxygen atoms in total. The maximum absolute atomic E-state index is 9.67. The molecule has 0 radical (unpaired) electrons. The van der Waals surface area contributed by atoms with E-state index in [2.05, 4.69) is 46.5 Å². The maximum atomic E-state index is 9.67. The molecule has 1 aromatic rings. The van der Waals surface area contributed by atoms with Gasteiger partial charge in [0.25, 0.3) is 0 Å². The smallest absolute Gasteiger partial charge is 0.191 e. The standard InChI is InChI=1S/C20H34N4O/c1-16-9-11-24(12-10-16)17(2)13-22-20(21-3)23-14-19(15-25)18-7-5-4-6-8-18/h4-8,16-17,19,25H,9-15H2,1-3H3,(H2,21,22,23). The number of aliphatic hydroxyl groups is 1. The van der Waals surface area contributed by atoms with E-state index in [9.17, 15) is 5.11 Å². The molecule has 25 heavy (non-hydrogen) atoms. The van der Waals surface area contributed by atoms with Gasteiger partial charge in [0, 0.05) is 32.1 Å². The first-order valence-electron chi connectivity index (χ1n) is 9.48. The van der Waals surface area contributed by atoms with Crippen molar-refractivity contribution in [3.8, 4) is 0 Å². The summed E-state index contributed by atoms with van der Waals surface area (Å²) in [6, 6.07) is 10.6. The SMILES string of the molecule is CN=C(NCC(CO)c1ccccc1)NCC(C)N1CCC(C)CC1. The van der Waals surface area contributed by atoms with Gasteiger partial charge in [0.05, 0.1) is 6.61 Å². The van der Waals surface area contributed by atoms with Gasteiger partial charge < -0.3 is 15.7 Å². The lowest BCUT2D eigenvalue weighted by Gasteiger charge is -2.35. The summed E-state index contributed by atoms with van der Waals surface area (Å²) in [5, 5.41) is 16.4. The van der Waals surface area contributed by atoms with Crippen molar-refractivity contribution < 1.29 is 5.11 Å². The Balaban J connectivity index is 1.76. The third kappa shape index (κ3) is 6.33. The zero-order chi connectivity index (χ0) is 18.1. The Morgan fingerprint density at radius 3 is 2.44 bits per heavy atom. The van der Waals surface area contributed by atoms with E-state index in [4.69, 9.17) is 0 Å². The minimum Gasteiger partial charge on any atom is -0.396 e. The number of hydrogen-bond donors (Lipinski definition) is 3. The fourth-order valence-electron chi connectivity index (χ4n) is 3.30. The van der Waals surface area contributed by atoms with E-state index in [1.54, 1.807) is 7.05 Å². The number of nitrogens with zero attached hydrogens (tertiary/aromatic N) is 2. The molecule has 0 saturated carbocycles. The van der Waals surface area contributed by atoms with Crippen LogP contribution in [0.2, 0.25) is 0 Å². The minimum atomic E-state index is 0.0701. The Morgan fingerprint density at radius 2 is 1.84 bits per heavy atom. The van der Waals surface area contributed by atoms with E-state index < -0.39 is 0 Å². The molecule has 2 unspecified atom stereocenters. The molecule has 0 spiro atoms. The van der Waals surface area contributed by atoms with Gasteiger partial charge in [-0.05, 0) is 44.3 Å². The molecule has 1 aliphatic rings. The van der Waals surface area contributed by atoms with Crippen LogP contribution in [0.4, 0.5) is 0 Å². The summed E-state index contributed by atoms with van der Waals surface area (Å²) < 4.78 is 0. The molecule has 0 aliphatic carbocycles. The molecular weight excluding hydrogens is 312 g/mol. The van der Waals surface area contributed by atoms with Gasteiger partial charge in [-0.3, -0.25) is 9.89 Å². The summed E-state index contributed by atoms with van der Waals surface area (Å²) >= 11 is 0. The van der Waals surface area contributed by atoms with Crippen LogP contribution in [-0.4, -0.2) is 61.8 Å². The highest BCUT2D eigenvalue weighted by Gasteiger charge is 2.20. The monoisotopic (exact) mass is 346 g/mol. The average Bonchev–Trinajstić information content (AvgIpc) is 2.65. The molecule has 1 fully saturated rings. The van der Waals surface area contributed by atoms with Crippen molar-refractivity contribution >= 4 is 5.96 Å². The van der Waals surface area contributed by atoms with Crippen LogP contribution in [0.5, 0.6) is 0 Å². The van der Waals surface area contributed by atoms with E-state index in [-0.39, 0.29) is 12.5 Å². The molecule has 1 saturated heterocycles. The quantitative estimate of drug-likeness (QED) is 0.522. The lowest BCUT2D eigenvalue weighted by Crippen LogP contribution is -2.48. The summed E-state index contributed by atoms with van der Waals surface area (Å²) in [5.41, 5.74) is 1.14. The zero-order valence-corrected chi connectivity index (χ0v) is 15.9. The number of likely N-dealkylation sites (tertiary alicyclic amines) is 1.